The van der Waals surface area contributed by atoms with E-state index < -0.39 is 46.9 Å². The van der Waals surface area contributed by atoms with Crippen LogP contribution in [0.2, 0.25) is 0 Å². The van der Waals surface area contributed by atoms with Gasteiger partial charge < -0.3 is 14.6 Å². The number of morpholine rings is 1. The molecule has 0 aliphatic carbocycles. The van der Waals surface area contributed by atoms with Gasteiger partial charge in [0.05, 0.1) is 36.5 Å². The third-order valence-corrected chi connectivity index (χ3v) is 5.76. The molecule has 2 fully saturated rings. The van der Waals surface area contributed by atoms with Crippen molar-refractivity contribution in [2.24, 2.45) is 0 Å². The maximum atomic E-state index is 13.5. The summed E-state index contributed by atoms with van der Waals surface area (Å²) in [5.41, 5.74) is -2.69. The second kappa shape index (κ2) is 8.12. The fourth-order valence-corrected chi connectivity index (χ4v) is 4.45. The summed E-state index contributed by atoms with van der Waals surface area (Å²) in [5.74, 6) is -1.04. The Balaban J connectivity index is 1.56. The number of halogens is 4. The molecule has 2 unspecified atom stereocenters. The van der Waals surface area contributed by atoms with E-state index in [2.05, 4.69) is 0 Å². The van der Waals surface area contributed by atoms with Gasteiger partial charge in [-0.05, 0) is 23.3 Å². The van der Waals surface area contributed by atoms with Gasteiger partial charge in [-0.15, -0.1) is 0 Å². The highest BCUT2D eigenvalue weighted by atomic mass is 19.4. The number of aliphatic hydroxyl groups is 1. The molecule has 2 aromatic carbocycles. The van der Waals surface area contributed by atoms with Crippen LogP contribution < -0.4 is 0 Å². The molecule has 5 nitrogen and oxygen atoms in total. The lowest BCUT2D eigenvalue weighted by molar-refractivity contribution is -0.153. The normalized spacial score (nSPS) is 25.9. The average Bonchev–Trinajstić information content (AvgIpc) is 2.71. The van der Waals surface area contributed by atoms with Crippen LogP contribution in [-0.2, 0) is 27.9 Å². The smallest absolute Gasteiger partial charge is 0.416 e. The molecular formula is C22H21F4NO4. The predicted molar refractivity (Wildman–Crippen MR) is 101 cm³/mol. The number of hydrogen-bond donors (Lipinski definition) is 1. The van der Waals surface area contributed by atoms with Crippen molar-refractivity contribution in [1.82, 2.24) is 4.90 Å². The molecule has 2 heterocycles. The zero-order valence-corrected chi connectivity index (χ0v) is 16.4. The van der Waals surface area contributed by atoms with Crippen LogP contribution in [0.5, 0.6) is 0 Å². The van der Waals surface area contributed by atoms with Crippen LogP contribution in [0.3, 0.4) is 0 Å². The van der Waals surface area contributed by atoms with Crippen LogP contribution in [0, 0.1) is 5.82 Å². The number of amides is 1. The molecule has 0 aromatic heterocycles. The number of alkyl halides is 3. The van der Waals surface area contributed by atoms with Crippen molar-refractivity contribution in [2.75, 3.05) is 13.2 Å². The molecule has 2 aliphatic rings. The van der Waals surface area contributed by atoms with Crippen molar-refractivity contribution in [3.8, 4) is 0 Å². The Morgan fingerprint density at radius 1 is 1.13 bits per heavy atom. The molecule has 2 aliphatic heterocycles. The van der Waals surface area contributed by atoms with E-state index in [4.69, 9.17) is 9.47 Å². The molecule has 0 saturated carbocycles. The molecule has 0 spiro atoms. The number of ether oxygens (including phenoxy) is 2. The van der Waals surface area contributed by atoms with Gasteiger partial charge in [0, 0.05) is 12.8 Å². The van der Waals surface area contributed by atoms with Crippen molar-refractivity contribution in [1.29, 1.82) is 0 Å². The highest BCUT2D eigenvalue weighted by Gasteiger charge is 2.51. The molecule has 2 atom stereocenters. The van der Waals surface area contributed by atoms with Gasteiger partial charge >= 0.3 is 12.3 Å². The van der Waals surface area contributed by atoms with Crippen LogP contribution in [0.4, 0.5) is 22.4 Å². The van der Waals surface area contributed by atoms with Crippen molar-refractivity contribution in [2.45, 2.75) is 43.3 Å². The minimum Gasteiger partial charge on any atom is -0.445 e. The first kappa shape index (κ1) is 21.6. The number of fused-ring (bicyclic) bond motifs is 2. The van der Waals surface area contributed by atoms with Gasteiger partial charge in [0.1, 0.15) is 12.4 Å². The Bertz CT molecular complexity index is 936. The third kappa shape index (κ3) is 4.38. The Kier molecular flexibility index (Phi) is 5.65. The van der Waals surface area contributed by atoms with E-state index in [-0.39, 0.29) is 32.7 Å². The van der Waals surface area contributed by atoms with Gasteiger partial charge in [0.2, 0.25) is 0 Å². The number of nitrogens with zero attached hydrogens (tertiary/aromatic N) is 1. The lowest BCUT2D eigenvalue weighted by atomic mass is 9.75. The highest BCUT2D eigenvalue weighted by Crippen LogP contribution is 2.45. The summed E-state index contributed by atoms with van der Waals surface area (Å²) in [5, 5.41) is 11.2. The quantitative estimate of drug-likeness (QED) is 0.728. The summed E-state index contributed by atoms with van der Waals surface area (Å²) < 4.78 is 65.0. The largest absolute Gasteiger partial charge is 0.445 e. The zero-order valence-electron chi connectivity index (χ0n) is 16.4. The fraction of sp³-hybridized carbons (Fsp3) is 0.409. The summed E-state index contributed by atoms with van der Waals surface area (Å²) in [6.45, 7) is 0.167. The molecule has 2 bridgehead atoms. The molecular weight excluding hydrogens is 418 g/mol. The monoisotopic (exact) mass is 439 g/mol. The Labute approximate surface area is 176 Å². The molecule has 31 heavy (non-hydrogen) atoms. The van der Waals surface area contributed by atoms with E-state index in [1.807, 2.05) is 18.2 Å². The van der Waals surface area contributed by atoms with Gasteiger partial charge in [0.25, 0.3) is 0 Å². The van der Waals surface area contributed by atoms with Gasteiger partial charge in [-0.2, -0.15) is 13.2 Å². The number of benzene rings is 2. The van der Waals surface area contributed by atoms with Gasteiger partial charge in [0.15, 0.2) is 0 Å². The van der Waals surface area contributed by atoms with Gasteiger partial charge in [-0.3, -0.25) is 4.90 Å². The van der Waals surface area contributed by atoms with Crippen molar-refractivity contribution in [3.63, 3.8) is 0 Å². The molecule has 2 aromatic rings. The topological polar surface area (TPSA) is 59.0 Å². The summed E-state index contributed by atoms with van der Waals surface area (Å²) in [6.07, 6.45) is -5.80. The van der Waals surface area contributed by atoms with Crippen molar-refractivity contribution >= 4 is 6.09 Å². The van der Waals surface area contributed by atoms with E-state index >= 15 is 0 Å². The SMILES string of the molecule is O=C(OCc1ccccc1)N1C2COCC1CC(O)(c1ccc(F)cc1C(F)(F)F)C2. The summed E-state index contributed by atoms with van der Waals surface area (Å²) >= 11 is 0. The second-order valence-corrected chi connectivity index (χ2v) is 7.92. The van der Waals surface area contributed by atoms with E-state index in [9.17, 15) is 27.5 Å². The number of carbonyl (C=O) groups is 1. The zero-order chi connectivity index (χ0) is 22.2. The molecule has 166 valence electrons. The first-order valence-electron chi connectivity index (χ1n) is 9.84. The predicted octanol–water partition coefficient (Wildman–Crippen LogP) is 4.23. The van der Waals surface area contributed by atoms with Crippen LogP contribution in [0.1, 0.15) is 29.5 Å². The van der Waals surface area contributed by atoms with Crippen molar-refractivity contribution in [3.05, 3.63) is 71.0 Å². The Morgan fingerprint density at radius 3 is 2.39 bits per heavy atom. The summed E-state index contributed by atoms with van der Waals surface area (Å²) in [4.78, 5) is 14.2. The van der Waals surface area contributed by atoms with Crippen molar-refractivity contribution < 1.29 is 36.9 Å². The van der Waals surface area contributed by atoms with Gasteiger partial charge in [-0.25, -0.2) is 9.18 Å². The van der Waals surface area contributed by atoms with Gasteiger partial charge in [-0.1, -0.05) is 36.4 Å². The molecule has 2 saturated heterocycles. The van der Waals surface area contributed by atoms with Crippen LogP contribution in [0.25, 0.3) is 0 Å². The van der Waals surface area contributed by atoms with Crippen LogP contribution in [-0.4, -0.2) is 41.4 Å². The van der Waals surface area contributed by atoms with E-state index in [1.54, 1.807) is 12.1 Å². The maximum absolute atomic E-state index is 13.5. The highest BCUT2D eigenvalue weighted by molar-refractivity contribution is 5.69. The Hall–Kier alpha value is -2.65. The number of rotatable bonds is 3. The van der Waals surface area contributed by atoms with E-state index in [0.29, 0.717) is 6.07 Å². The van der Waals surface area contributed by atoms with Crippen LogP contribution >= 0.6 is 0 Å². The molecule has 0 radical (unpaired) electrons. The minimum absolute atomic E-state index is 0.0525. The van der Waals surface area contributed by atoms with E-state index in [0.717, 1.165) is 17.7 Å². The Morgan fingerprint density at radius 2 is 1.77 bits per heavy atom. The lowest BCUT2D eigenvalue weighted by Gasteiger charge is -2.51. The average molecular weight is 439 g/mol. The second-order valence-electron chi connectivity index (χ2n) is 7.92. The van der Waals surface area contributed by atoms with E-state index in [1.165, 1.54) is 4.90 Å². The summed E-state index contributed by atoms with van der Waals surface area (Å²) in [7, 11) is 0. The molecule has 4 rings (SSSR count). The molecule has 1 amide bonds. The summed E-state index contributed by atoms with van der Waals surface area (Å²) in [6, 6.07) is 9.98. The standard InChI is InChI=1S/C22H21F4NO4/c23-15-6-7-18(19(8-15)22(24,25)26)21(29)9-16-12-30-13-17(10-21)27(16)20(28)31-11-14-4-2-1-3-5-14/h1-8,16-17,29H,9-13H2. The fourth-order valence-electron chi connectivity index (χ4n) is 4.45. The number of carbonyl (C=O) groups excluding carboxylic acids is 1. The first-order chi connectivity index (χ1) is 14.7. The number of piperidine rings is 1. The number of hydrogen-bond acceptors (Lipinski definition) is 4. The van der Waals surface area contributed by atoms with Crippen LogP contribution in [0.15, 0.2) is 48.5 Å². The first-order valence-corrected chi connectivity index (χ1v) is 9.84. The molecule has 1 N–H and O–H groups in total. The molecule has 9 heteroatoms. The lowest BCUT2D eigenvalue weighted by Crippen LogP contribution is -2.62. The minimum atomic E-state index is -4.83. The third-order valence-electron chi connectivity index (χ3n) is 5.76. The maximum Gasteiger partial charge on any atom is 0.416 e.